The quantitative estimate of drug-likeness (QED) is 0.762. The monoisotopic (exact) mass is 333 g/mol. The lowest BCUT2D eigenvalue weighted by molar-refractivity contribution is -0.122. The predicted molar refractivity (Wildman–Crippen MR) is 90.7 cm³/mol. The highest BCUT2D eigenvalue weighted by atomic mass is 32.2. The predicted octanol–water partition coefficient (Wildman–Crippen LogP) is 3.55. The van der Waals surface area contributed by atoms with Crippen LogP contribution in [0, 0.1) is 5.82 Å². The van der Waals surface area contributed by atoms with E-state index in [1.54, 1.807) is 18.7 Å². The number of halogens is 1. The number of carbonyl (C=O) groups is 1. The molecule has 2 aromatic rings. The van der Waals surface area contributed by atoms with Gasteiger partial charge >= 0.3 is 0 Å². The molecule has 1 amide bonds. The number of hydrogen-bond donors (Lipinski definition) is 2. The second-order valence-electron chi connectivity index (χ2n) is 5.26. The van der Waals surface area contributed by atoms with Crippen molar-refractivity contribution in [1.82, 2.24) is 5.32 Å². The summed E-state index contributed by atoms with van der Waals surface area (Å²) in [7, 11) is 0. The largest absolute Gasteiger partial charge is 0.386 e. The van der Waals surface area contributed by atoms with Crippen LogP contribution in [0.3, 0.4) is 0 Å². The van der Waals surface area contributed by atoms with Crippen molar-refractivity contribution >= 4 is 17.7 Å². The third-order valence-electron chi connectivity index (χ3n) is 3.41. The first-order valence-electron chi connectivity index (χ1n) is 7.47. The molecule has 2 atom stereocenters. The number of carbonyl (C=O) groups excluding carboxylic acids is 1. The van der Waals surface area contributed by atoms with Crippen LogP contribution in [0.2, 0.25) is 0 Å². The molecule has 0 aliphatic carbocycles. The highest BCUT2D eigenvalue weighted by Gasteiger charge is 2.18. The summed E-state index contributed by atoms with van der Waals surface area (Å²) in [5.41, 5.74) is 0.581. The van der Waals surface area contributed by atoms with E-state index >= 15 is 0 Å². The van der Waals surface area contributed by atoms with E-state index in [0.717, 1.165) is 4.90 Å². The van der Waals surface area contributed by atoms with E-state index in [-0.39, 0.29) is 11.7 Å². The maximum Gasteiger partial charge on any atom is 0.221 e. The molecule has 0 heterocycles. The molecule has 3 nitrogen and oxygen atoms in total. The smallest absolute Gasteiger partial charge is 0.221 e. The van der Waals surface area contributed by atoms with Crippen LogP contribution in [0.5, 0.6) is 0 Å². The molecule has 0 saturated heterocycles. The summed E-state index contributed by atoms with van der Waals surface area (Å²) in [5, 5.41) is 13.0. The molecular weight excluding hydrogens is 313 g/mol. The molecule has 2 aromatic carbocycles. The van der Waals surface area contributed by atoms with Crippen molar-refractivity contribution in [3.05, 3.63) is 66.0 Å². The Bertz CT molecular complexity index is 619. The van der Waals surface area contributed by atoms with Crippen LogP contribution in [-0.2, 0) is 4.79 Å². The number of nitrogens with one attached hydrogen (secondary N) is 1. The van der Waals surface area contributed by atoms with Crippen LogP contribution in [0.1, 0.15) is 25.0 Å². The van der Waals surface area contributed by atoms with Crippen molar-refractivity contribution in [3.63, 3.8) is 0 Å². The molecule has 0 saturated carbocycles. The van der Waals surface area contributed by atoms with Crippen molar-refractivity contribution in [2.24, 2.45) is 0 Å². The third-order valence-corrected chi connectivity index (χ3v) is 4.43. The van der Waals surface area contributed by atoms with Gasteiger partial charge in [-0.3, -0.25) is 4.79 Å². The minimum atomic E-state index is -0.860. The fraction of sp³-hybridized carbons (Fsp3) is 0.278. The number of thioether (sulfide) groups is 1. The van der Waals surface area contributed by atoms with E-state index in [2.05, 4.69) is 5.32 Å². The standard InChI is InChI=1S/C18H20FNO2S/c1-13(18(22)14-7-9-15(19)10-8-14)20-17(21)11-12-23-16-5-3-2-4-6-16/h2-10,13,18,22H,11-12H2,1H3,(H,20,21). The Morgan fingerprint density at radius 1 is 1.17 bits per heavy atom. The molecule has 2 rings (SSSR count). The minimum absolute atomic E-state index is 0.109. The molecule has 5 heteroatoms. The van der Waals surface area contributed by atoms with Gasteiger partial charge in [0, 0.05) is 17.1 Å². The highest BCUT2D eigenvalue weighted by Crippen LogP contribution is 2.19. The Hall–Kier alpha value is -1.85. The van der Waals surface area contributed by atoms with Gasteiger partial charge in [0.15, 0.2) is 0 Å². The molecule has 0 aliphatic heterocycles. The first kappa shape index (κ1) is 17.5. The van der Waals surface area contributed by atoms with Gasteiger partial charge in [-0.2, -0.15) is 0 Å². The Balaban J connectivity index is 1.76. The van der Waals surface area contributed by atoms with Gasteiger partial charge in [-0.15, -0.1) is 11.8 Å². The Labute approximate surface area is 139 Å². The fourth-order valence-electron chi connectivity index (χ4n) is 2.13. The molecular formula is C18H20FNO2S. The maximum absolute atomic E-state index is 12.9. The average molecular weight is 333 g/mol. The van der Waals surface area contributed by atoms with Crippen LogP contribution in [0.25, 0.3) is 0 Å². The lowest BCUT2D eigenvalue weighted by Crippen LogP contribution is -2.37. The van der Waals surface area contributed by atoms with Gasteiger partial charge in [0.1, 0.15) is 5.82 Å². The van der Waals surface area contributed by atoms with Gasteiger partial charge in [-0.05, 0) is 36.8 Å². The molecule has 23 heavy (non-hydrogen) atoms. The Morgan fingerprint density at radius 2 is 1.83 bits per heavy atom. The average Bonchev–Trinajstić information content (AvgIpc) is 2.56. The van der Waals surface area contributed by atoms with Crippen molar-refractivity contribution in [2.75, 3.05) is 5.75 Å². The summed E-state index contributed by atoms with van der Waals surface area (Å²) in [6.07, 6.45) is -0.485. The van der Waals surface area contributed by atoms with Gasteiger partial charge in [0.2, 0.25) is 5.91 Å². The highest BCUT2D eigenvalue weighted by molar-refractivity contribution is 7.99. The second-order valence-corrected chi connectivity index (χ2v) is 6.43. The van der Waals surface area contributed by atoms with Gasteiger partial charge in [-0.25, -0.2) is 4.39 Å². The van der Waals surface area contributed by atoms with E-state index in [0.29, 0.717) is 17.7 Å². The van der Waals surface area contributed by atoms with E-state index in [9.17, 15) is 14.3 Å². The van der Waals surface area contributed by atoms with Crippen molar-refractivity contribution in [2.45, 2.75) is 30.4 Å². The number of amides is 1. The minimum Gasteiger partial charge on any atom is -0.386 e. The summed E-state index contributed by atoms with van der Waals surface area (Å²) in [4.78, 5) is 13.1. The molecule has 2 N–H and O–H groups in total. The molecule has 0 bridgehead atoms. The second kappa shape index (κ2) is 8.70. The van der Waals surface area contributed by atoms with Crippen LogP contribution in [0.15, 0.2) is 59.5 Å². The molecule has 0 radical (unpaired) electrons. The lowest BCUT2D eigenvalue weighted by atomic mass is 10.0. The van der Waals surface area contributed by atoms with Crippen LogP contribution >= 0.6 is 11.8 Å². The molecule has 2 unspecified atom stereocenters. The zero-order chi connectivity index (χ0) is 16.7. The molecule has 122 valence electrons. The summed E-state index contributed by atoms with van der Waals surface area (Å²) in [6.45, 7) is 1.73. The number of hydrogen-bond acceptors (Lipinski definition) is 3. The summed E-state index contributed by atoms with van der Waals surface area (Å²) < 4.78 is 12.9. The van der Waals surface area contributed by atoms with Gasteiger partial charge in [0.05, 0.1) is 12.1 Å². The Kier molecular flexibility index (Phi) is 6.62. The number of aliphatic hydroxyl groups is 1. The summed E-state index contributed by atoms with van der Waals surface area (Å²) in [6, 6.07) is 15.1. The van der Waals surface area contributed by atoms with Crippen molar-refractivity contribution < 1.29 is 14.3 Å². The zero-order valence-corrected chi connectivity index (χ0v) is 13.7. The van der Waals surface area contributed by atoms with Crippen LogP contribution in [0.4, 0.5) is 4.39 Å². The SMILES string of the molecule is CC(NC(=O)CCSc1ccccc1)C(O)c1ccc(F)cc1. The Morgan fingerprint density at radius 3 is 2.48 bits per heavy atom. The zero-order valence-electron chi connectivity index (χ0n) is 12.9. The van der Waals surface area contributed by atoms with Crippen molar-refractivity contribution in [3.8, 4) is 0 Å². The third kappa shape index (κ3) is 5.69. The number of rotatable bonds is 7. The maximum atomic E-state index is 12.9. The van der Waals surface area contributed by atoms with Gasteiger partial charge in [0.25, 0.3) is 0 Å². The van der Waals surface area contributed by atoms with E-state index in [4.69, 9.17) is 0 Å². The normalized spacial score (nSPS) is 13.3. The van der Waals surface area contributed by atoms with Crippen LogP contribution in [-0.4, -0.2) is 22.8 Å². The fourth-order valence-corrected chi connectivity index (χ4v) is 3.00. The first-order chi connectivity index (χ1) is 11.1. The number of aliphatic hydroxyl groups excluding tert-OH is 1. The summed E-state index contributed by atoms with van der Waals surface area (Å²) in [5.74, 6) is 0.215. The van der Waals surface area contributed by atoms with Crippen molar-refractivity contribution in [1.29, 1.82) is 0 Å². The van der Waals surface area contributed by atoms with Crippen LogP contribution < -0.4 is 5.32 Å². The topological polar surface area (TPSA) is 49.3 Å². The molecule has 0 spiro atoms. The van der Waals surface area contributed by atoms with E-state index < -0.39 is 12.1 Å². The first-order valence-corrected chi connectivity index (χ1v) is 8.45. The lowest BCUT2D eigenvalue weighted by Gasteiger charge is -2.20. The van der Waals surface area contributed by atoms with Gasteiger partial charge < -0.3 is 10.4 Å². The van der Waals surface area contributed by atoms with E-state index in [1.807, 2.05) is 30.3 Å². The van der Waals surface area contributed by atoms with Gasteiger partial charge in [-0.1, -0.05) is 30.3 Å². The number of benzene rings is 2. The summed E-state index contributed by atoms with van der Waals surface area (Å²) >= 11 is 1.62. The molecule has 0 aliphatic rings. The molecule has 0 aromatic heterocycles. The van der Waals surface area contributed by atoms with E-state index in [1.165, 1.54) is 24.3 Å². The molecule has 0 fully saturated rings.